The number of hydrogen-bond donors (Lipinski definition) is 1. The highest BCUT2D eigenvalue weighted by molar-refractivity contribution is 6.34. The number of anilines is 1. The summed E-state index contributed by atoms with van der Waals surface area (Å²) in [7, 11) is 1.53. The molecule has 0 spiro atoms. The summed E-state index contributed by atoms with van der Waals surface area (Å²) in [5, 5.41) is 2.90. The van der Waals surface area contributed by atoms with Crippen LogP contribution in [0.25, 0.3) is 0 Å². The number of ether oxygens (including phenoxy) is 1. The molecule has 0 heterocycles. The van der Waals surface area contributed by atoms with Crippen LogP contribution < -0.4 is 10.1 Å². The van der Waals surface area contributed by atoms with Gasteiger partial charge in [0.05, 0.1) is 23.4 Å². The zero-order valence-electron chi connectivity index (χ0n) is 13.5. The van der Waals surface area contributed by atoms with Crippen molar-refractivity contribution in [2.45, 2.75) is 26.2 Å². The molecular weight excluding hydrogens is 317 g/mol. The molecule has 0 aliphatic heterocycles. The van der Waals surface area contributed by atoms with Crippen molar-refractivity contribution in [3.63, 3.8) is 0 Å². The molecular formula is C18H19ClFNO2. The maximum atomic E-state index is 13.3. The third-order valence-electron chi connectivity index (χ3n) is 3.49. The number of amides is 1. The molecule has 0 atom stereocenters. The van der Waals surface area contributed by atoms with Gasteiger partial charge in [0.1, 0.15) is 11.6 Å². The van der Waals surface area contributed by atoms with Crippen LogP contribution in [0.4, 0.5) is 10.1 Å². The average molecular weight is 336 g/mol. The first-order valence-electron chi connectivity index (χ1n) is 7.17. The third kappa shape index (κ3) is 4.02. The fourth-order valence-corrected chi connectivity index (χ4v) is 2.33. The first kappa shape index (κ1) is 17.3. The van der Waals surface area contributed by atoms with Crippen molar-refractivity contribution >= 4 is 23.2 Å². The maximum absolute atomic E-state index is 13.3. The van der Waals surface area contributed by atoms with E-state index >= 15 is 0 Å². The van der Waals surface area contributed by atoms with Crippen LogP contribution in [-0.2, 0) is 5.41 Å². The zero-order chi connectivity index (χ0) is 17.2. The van der Waals surface area contributed by atoms with E-state index in [9.17, 15) is 9.18 Å². The molecule has 5 heteroatoms. The fraction of sp³-hybridized carbons (Fsp3) is 0.278. The van der Waals surface area contributed by atoms with Crippen molar-refractivity contribution in [3.8, 4) is 5.75 Å². The molecule has 2 aromatic rings. The second-order valence-corrected chi connectivity index (χ2v) is 6.65. The highest BCUT2D eigenvalue weighted by atomic mass is 35.5. The van der Waals surface area contributed by atoms with E-state index in [1.807, 2.05) is 12.1 Å². The summed E-state index contributed by atoms with van der Waals surface area (Å²) in [6.45, 7) is 6.27. The number of halogens is 2. The van der Waals surface area contributed by atoms with E-state index in [-0.39, 0.29) is 16.0 Å². The predicted octanol–water partition coefficient (Wildman–Crippen LogP) is 5.04. The third-order valence-corrected chi connectivity index (χ3v) is 3.82. The van der Waals surface area contributed by atoms with Crippen molar-refractivity contribution in [2.75, 3.05) is 12.4 Å². The smallest absolute Gasteiger partial charge is 0.257 e. The normalized spacial score (nSPS) is 11.2. The molecule has 0 fully saturated rings. The van der Waals surface area contributed by atoms with Crippen LogP contribution in [0.3, 0.4) is 0 Å². The minimum absolute atomic E-state index is 0.0400. The molecule has 0 aliphatic carbocycles. The minimum atomic E-state index is -0.519. The van der Waals surface area contributed by atoms with Crippen LogP contribution in [0.5, 0.6) is 5.75 Å². The number of carbonyl (C=O) groups is 1. The lowest BCUT2D eigenvalue weighted by atomic mass is 9.87. The zero-order valence-corrected chi connectivity index (χ0v) is 14.3. The van der Waals surface area contributed by atoms with Crippen molar-refractivity contribution in [2.24, 2.45) is 0 Å². The van der Waals surface area contributed by atoms with E-state index in [4.69, 9.17) is 16.3 Å². The highest BCUT2D eigenvalue weighted by Crippen LogP contribution is 2.32. The lowest BCUT2D eigenvalue weighted by Crippen LogP contribution is -2.15. The van der Waals surface area contributed by atoms with E-state index in [0.29, 0.717) is 11.4 Å². The maximum Gasteiger partial charge on any atom is 0.257 e. The second-order valence-electron chi connectivity index (χ2n) is 6.24. The SMILES string of the molecule is COc1cc(C(C)(C)C)ccc1NC(=O)c1cc(F)ccc1Cl. The molecule has 2 rings (SSSR count). The Balaban J connectivity index is 2.32. The number of nitrogens with one attached hydrogen (secondary N) is 1. The first-order valence-corrected chi connectivity index (χ1v) is 7.55. The lowest BCUT2D eigenvalue weighted by molar-refractivity contribution is 0.102. The Kier molecular flexibility index (Phi) is 4.95. The van der Waals surface area contributed by atoms with Crippen molar-refractivity contribution in [3.05, 3.63) is 58.4 Å². The minimum Gasteiger partial charge on any atom is -0.495 e. The van der Waals surface area contributed by atoms with Crippen LogP contribution in [0.2, 0.25) is 5.02 Å². The van der Waals surface area contributed by atoms with Gasteiger partial charge in [-0.3, -0.25) is 4.79 Å². The molecule has 0 aliphatic rings. The van der Waals surface area contributed by atoms with Crippen molar-refractivity contribution < 1.29 is 13.9 Å². The Labute approximate surface area is 140 Å². The Morgan fingerprint density at radius 3 is 2.48 bits per heavy atom. The summed E-state index contributed by atoms with van der Waals surface area (Å²) in [4.78, 5) is 12.3. The van der Waals surface area contributed by atoms with E-state index in [0.717, 1.165) is 11.6 Å². The number of methoxy groups -OCH3 is 1. The molecule has 1 amide bonds. The topological polar surface area (TPSA) is 38.3 Å². The Hall–Kier alpha value is -2.07. The van der Waals surface area contributed by atoms with Gasteiger partial charge >= 0.3 is 0 Å². The molecule has 23 heavy (non-hydrogen) atoms. The monoisotopic (exact) mass is 335 g/mol. The lowest BCUT2D eigenvalue weighted by Gasteiger charge is -2.21. The van der Waals surface area contributed by atoms with Crippen LogP contribution in [-0.4, -0.2) is 13.0 Å². The number of rotatable bonds is 3. The van der Waals surface area contributed by atoms with E-state index in [1.165, 1.54) is 19.2 Å². The molecule has 0 bridgehead atoms. The van der Waals surface area contributed by atoms with Gasteiger partial charge in [0.25, 0.3) is 5.91 Å². The summed E-state index contributed by atoms with van der Waals surface area (Å²) in [6, 6.07) is 9.23. The van der Waals surface area contributed by atoms with Crippen LogP contribution in [0.1, 0.15) is 36.7 Å². The second kappa shape index (κ2) is 6.59. The van der Waals surface area contributed by atoms with Crippen LogP contribution in [0, 0.1) is 5.82 Å². The number of carbonyl (C=O) groups excluding carboxylic acids is 1. The molecule has 3 nitrogen and oxygen atoms in total. The molecule has 0 unspecified atom stereocenters. The van der Waals surface area contributed by atoms with Gasteiger partial charge in [0.15, 0.2) is 0 Å². The van der Waals surface area contributed by atoms with Gasteiger partial charge in [-0.15, -0.1) is 0 Å². The van der Waals surface area contributed by atoms with E-state index in [1.54, 1.807) is 6.07 Å². The summed E-state index contributed by atoms with van der Waals surface area (Å²) in [5.41, 5.74) is 1.62. The largest absolute Gasteiger partial charge is 0.495 e. The van der Waals surface area contributed by atoms with Gasteiger partial charge in [0.2, 0.25) is 0 Å². The summed E-state index contributed by atoms with van der Waals surface area (Å²) in [5.74, 6) is -0.468. The van der Waals surface area contributed by atoms with E-state index < -0.39 is 11.7 Å². The number of benzene rings is 2. The Morgan fingerprint density at radius 2 is 1.87 bits per heavy atom. The quantitative estimate of drug-likeness (QED) is 0.853. The molecule has 1 N–H and O–H groups in total. The van der Waals surface area contributed by atoms with Gasteiger partial charge in [-0.2, -0.15) is 0 Å². The van der Waals surface area contributed by atoms with Crippen LogP contribution >= 0.6 is 11.6 Å². The Morgan fingerprint density at radius 1 is 1.17 bits per heavy atom. The molecule has 2 aromatic carbocycles. The molecule has 0 saturated carbocycles. The average Bonchev–Trinajstić information content (AvgIpc) is 2.48. The van der Waals surface area contributed by atoms with Gasteiger partial charge in [-0.25, -0.2) is 4.39 Å². The van der Waals surface area contributed by atoms with Gasteiger partial charge in [0, 0.05) is 0 Å². The first-order chi connectivity index (χ1) is 10.7. The number of hydrogen-bond acceptors (Lipinski definition) is 2. The summed E-state index contributed by atoms with van der Waals surface area (Å²) >= 11 is 5.96. The van der Waals surface area contributed by atoms with E-state index in [2.05, 4.69) is 26.1 Å². The summed E-state index contributed by atoms with van der Waals surface area (Å²) < 4.78 is 18.7. The molecule has 0 aromatic heterocycles. The van der Waals surface area contributed by atoms with Crippen molar-refractivity contribution in [1.82, 2.24) is 0 Å². The highest BCUT2D eigenvalue weighted by Gasteiger charge is 2.18. The predicted molar refractivity (Wildman–Crippen MR) is 91.1 cm³/mol. The van der Waals surface area contributed by atoms with Gasteiger partial charge in [-0.05, 0) is 41.3 Å². The van der Waals surface area contributed by atoms with Gasteiger partial charge in [-0.1, -0.05) is 38.4 Å². The van der Waals surface area contributed by atoms with Crippen molar-refractivity contribution in [1.29, 1.82) is 0 Å². The van der Waals surface area contributed by atoms with Crippen LogP contribution in [0.15, 0.2) is 36.4 Å². The molecule has 0 saturated heterocycles. The standard InChI is InChI=1S/C18H19ClFNO2/c1-18(2,3)11-5-8-15(16(9-11)23-4)21-17(22)13-10-12(20)6-7-14(13)19/h5-10H,1-4H3,(H,21,22). The summed E-state index contributed by atoms with van der Waals surface area (Å²) in [6.07, 6.45) is 0. The molecule has 0 radical (unpaired) electrons. The fourth-order valence-electron chi connectivity index (χ4n) is 2.12. The Bertz CT molecular complexity index is 738. The molecule has 122 valence electrons. The van der Waals surface area contributed by atoms with Gasteiger partial charge < -0.3 is 10.1 Å².